The van der Waals surface area contributed by atoms with E-state index in [9.17, 15) is 5.11 Å². The Morgan fingerprint density at radius 1 is 1.17 bits per heavy atom. The highest BCUT2D eigenvalue weighted by Gasteiger charge is 2.67. The number of hydrogen-bond donors (Lipinski definition) is 5. The van der Waals surface area contributed by atoms with Crippen LogP contribution < -0.4 is 16.8 Å². The first-order valence-electron chi connectivity index (χ1n) is 13.9. The van der Waals surface area contributed by atoms with Gasteiger partial charge in [0.1, 0.15) is 6.61 Å². The fraction of sp³-hybridized carbons (Fsp3) is 0.926. The van der Waals surface area contributed by atoms with Gasteiger partial charge < -0.3 is 31.5 Å². The average Bonchev–Trinajstić information content (AvgIpc) is 3.07. The van der Waals surface area contributed by atoms with E-state index in [1.54, 1.807) is 0 Å². The van der Waals surface area contributed by atoms with Gasteiger partial charge in [-0.3, -0.25) is 5.41 Å². The molecular weight excluding hydrogens is 442 g/mol. The highest BCUT2D eigenvalue weighted by molar-refractivity contribution is 5.74. The van der Waals surface area contributed by atoms with Gasteiger partial charge in [-0.2, -0.15) is 0 Å². The van der Waals surface area contributed by atoms with Gasteiger partial charge in [0.25, 0.3) is 0 Å². The summed E-state index contributed by atoms with van der Waals surface area (Å²) in [6.07, 6.45) is 13.2. The summed E-state index contributed by atoms with van der Waals surface area (Å²) in [6, 6.07) is -0.0757. The maximum atomic E-state index is 12.3. The van der Waals surface area contributed by atoms with Crippen LogP contribution in [0.15, 0.2) is 5.16 Å². The molecule has 0 aliphatic heterocycles. The second kappa shape index (κ2) is 10.5. The number of oxime groups is 1. The van der Waals surface area contributed by atoms with Crippen LogP contribution in [-0.4, -0.2) is 54.8 Å². The number of hydrogen-bond acceptors (Lipinski definition) is 6. The molecular formula is C27H49N5O3. The van der Waals surface area contributed by atoms with E-state index in [1.165, 1.54) is 25.7 Å². The molecule has 8 nitrogen and oxygen atoms in total. The second-order valence-electron chi connectivity index (χ2n) is 12.4. The van der Waals surface area contributed by atoms with E-state index in [1.807, 2.05) is 13.1 Å². The van der Waals surface area contributed by atoms with Gasteiger partial charge in [0, 0.05) is 24.2 Å². The lowest BCUT2D eigenvalue weighted by molar-refractivity contribution is -0.207. The van der Waals surface area contributed by atoms with Crippen LogP contribution in [-0.2, 0) is 9.57 Å². The second-order valence-corrected chi connectivity index (χ2v) is 12.4. The Bertz CT molecular complexity index is 780. The van der Waals surface area contributed by atoms with Crippen LogP contribution in [0.4, 0.5) is 0 Å². The van der Waals surface area contributed by atoms with Crippen molar-refractivity contribution >= 4 is 12.2 Å². The zero-order valence-corrected chi connectivity index (χ0v) is 22.1. The summed E-state index contributed by atoms with van der Waals surface area (Å²) >= 11 is 0. The summed E-state index contributed by atoms with van der Waals surface area (Å²) in [4.78, 5) is 5.51. The third-order valence-corrected chi connectivity index (χ3v) is 10.6. The van der Waals surface area contributed by atoms with Crippen molar-refractivity contribution in [3.63, 3.8) is 0 Å². The molecule has 0 heterocycles. The molecule has 8 heteroatoms. The first kappa shape index (κ1) is 26.7. The molecule has 0 radical (unpaired) electrons. The normalized spacial score (nSPS) is 43.7. The Balaban J connectivity index is 1.39. The van der Waals surface area contributed by atoms with Gasteiger partial charge in [0.15, 0.2) is 5.96 Å². The van der Waals surface area contributed by atoms with Gasteiger partial charge in [-0.1, -0.05) is 19.0 Å². The number of nitrogens with one attached hydrogen (secondary N) is 2. The molecule has 0 saturated heterocycles. The lowest BCUT2D eigenvalue weighted by Crippen LogP contribution is -2.62. The van der Waals surface area contributed by atoms with Gasteiger partial charge in [0.05, 0.1) is 17.7 Å². The topological polar surface area (TPSA) is 139 Å². The van der Waals surface area contributed by atoms with Crippen molar-refractivity contribution in [2.24, 2.45) is 51.1 Å². The summed E-state index contributed by atoms with van der Waals surface area (Å²) < 4.78 is 6.18. The lowest BCUT2D eigenvalue weighted by Gasteiger charge is -2.63. The van der Waals surface area contributed by atoms with E-state index in [4.69, 9.17) is 26.5 Å². The number of fused-ring (bicyclic) bond motifs is 5. The Morgan fingerprint density at radius 2 is 1.97 bits per heavy atom. The predicted octanol–water partition coefficient (Wildman–Crippen LogP) is 3.37. The minimum absolute atomic E-state index is 0.0637. The molecule has 0 aromatic heterocycles. The molecule has 200 valence electrons. The Hall–Kier alpha value is -1.38. The summed E-state index contributed by atoms with van der Waals surface area (Å²) in [5, 5.41) is 26.7. The minimum Gasteiger partial charge on any atom is -0.394 e. The smallest absolute Gasteiger partial charge is 0.186 e. The zero-order chi connectivity index (χ0) is 25.3. The largest absolute Gasteiger partial charge is 0.394 e. The van der Waals surface area contributed by atoms with E-state index in [0.717, 1.165) is 45.1 Å². The molecule has 4 aliphatic rings. The van der Waals surface area contributed by atoms with Crippen molar-refractivity contribution in [3.05, 3.63) is 0 Å². The summed E-state index contributed by atoms with van der Waals surface area (Å²) in [5.74, 6) is 1.82. The molecule has 4 saturated carbocycles. The van der Waals surface area contributed by atoms with Crippen LogP contribution in [0.25, 0.3) is 0 Å². The molecule has 1 unspecified atom stereocenters. The SMILES string of the molecule is CC(CO/N=C/[C@H]1CC[C@]2(O)[C@@H]3CC[C@@H]4C[C@@H](OCCCN)CC[C@]4(C)[C@H]3CC[C@]12C)NC(=N)N. The van der Waals surface area contributed by atoms with Crippen LogP contribution >= 0.6 is 0 Å². The molecule has 0 bridgehead atoms. The van der Waals surface area contributed by atoms with Gasteiger partial charge in [0.2, 0.25) is 0 Å². The number of nitrogens with zero attached hydrogens (tertiary/aromatic N) is 1. The van der Waals surface area contributed by atoms with Crippen LogP contribution in [0, 0.1) is 39.9 Å². The van der Waals surface area contributed by atoms with Crippen LogP contribution in [0.2, 0.25) is 0 Å². The standard InChI is InChI=1S/C27H49N5O3/c1-18(32-24(29)30)17-35-31-16-20-7-12-27(33)23-6-5-19-15-21(34-14-4-13-28)8-10-25(19,2)22(23)9-11-26(20,27)3/h16,18-23,33H,4-15,17,28H2,1-3H3,(H4,29,30,32)/b31-16+/t18?,19-,20-,21+,22+,23-,25+,26-,27+/m1/s1. The maximum absolute atomic E-state index is 12.3. The number of rotatable bonds is 9. The van der Waals surface area contributed by atoms with E-state index in [2.05, 4.69) is 24.3 Å². The monoisotopic (exact) mass is 491 g/mol. The quantitative estimate of drug-likeness (QED) is 0.145. The molecule has 7 N–H and O–H groups in total. The summed E-state index contributed by atoms with van der Waals surface area (Å²) in [5.41, 5.74) is 10.6. The molecule has 0 aromatic carbocycles. The highest BCUT2D eigenvalue weighted by atomic mass is 16.6. The van der Waals surface area contributed by atoms with Crippen LogP contribution in [0.3, 0.4) is 0 Å². The van der Waals surface area contributed by atoms with Gasteiger partial charge in [-0.25, -0.2) is 0 Å². The van der Waals surface area contributed by atoms with E-state index < -0.39 is 5.60 Å². The van der Waals surface area contributed by atoms with Gasteiger partial charge >= 0.3 is 0 Å². The van der Waals surface area contributed by atoms with E-state index in [-0.39, 0.29) is 23.3 Å². The van der Waals surface area contributed by atoms with Crippen molar-refractivity contribution in [2.45, 2.75) is 103 Å². The van der Waals surface area contributed by atoms with Crippen molar-refractivity contribution in [2.75, 3.05) is 19.8 Å². The molecule has 4 fully saturated rings. The third kappa shape index (κ3) is 4.95. The van der Waals surface area contributed by atoms with Gasteiger partial charge in [-0.15, -0.1) is 0 Å². The highest BCUT2D eigenvalue weighted by Crippen LogP contribution is 2.68. The van der Waals surface area contributed by atoms with Crippen molar-refractivity contribution in [1.82, 2.24) is 5.32 Å². The lowest BCUT2D eigenvalue weighted by atomic mass is 9.43. The fourth-order valence-electron chi connectivity index (χ4n) is 8.53. The molecule has 0 spiro atoms. The molecule has 35 heavy (non-hydrogen) atoms. The number of ether oxygens (including phenoxy) is 1. The Kier molecular flexibility index (Phi) is 8.04. The molecule has 0 aromatic rings. The van der Waals surface area contributed by atoms with E-state index >= 15 is 0 Å². The summed E-state index contributed by atoms with van der Waals surface area (Å²) in [7, 11) is 0. The first-order valence-corrected chi connectivity index (χ1v) is 13.9. The molecule has 0 amide bonds. The number of aliphatic hydroxyl groups is 1. The fourth-order valence-corrected chi connectivity index (χ4v) is 8.53. The Morgan fingerprint density at radius 3 is 2.71 bits per heavy atom. The maximum Gasteiger partial charge on any atom is 0.186 e. The zero-order valence-electron chi connectivity index (χ0n) is 22.1. The summed E-state index contributed by atoms with van der Waals surface area (Å²) in [6.45, 7) is 8.56. The van der Waals surface area contributed by atoms with Gasteiger partial charge in [-0.05, 0) is 101 Å². The predicted molar refractivity (Wildman–Crippen MR) is 139 cm³/mol. The average molecular weight is 492 g/mol. The van der Waals surface area contributed by atoms with E-state index in [0.29, 0.717) is 42.4 Å². The van der Waals surface area contributed by atoms with Crippen LogP contribution in [0.1, 0.15) is 85.0 Å². The minimum atomic E-state index is -0.626. The van der Waals surface area contributed by atoms with Crippen molar-refractivity contribution in [3.8, 4) is 0 Å². The molecule has 4 rings (SSSR count). The molecule has 4 aliphatic carbocycles. The van der Waals surface area contributed by atoms with Crippen molar-refractivity contribution in [1.29, 1.82) is 5.41 Å². The third-order valence-electron chi connectivity index (χ3n) is 10.6. The molecule has 9 atom stereocenters. The first-order chi connectivity index (χ1) is 16.6. The van der Waals surface area contributed by atoms with Crippen molar-refractivity contribution < 1.29 is 14.7 Å². The number of guanidine groups is 1. The number of nitrogens with two attached hydrogens (primary N) is 2. The Labute approximate surface area is 211 Å². The van der Waals surface area contributed by atoms with Crippen LogP contribution in [0.5, 0.6) is 0 Å².